The number of ether oxygens (including phenoxy) is 7. The molecule has 1 fully saturated rings. The zero-order valence-corrected chi connectivity index (χ0v) is 34.8. The topological polar surface area (TPSA) is 433 Å². The molecule has 5 atom stereocenters. The molecule has 14 N–H and O–H groups in total. The van der Waals surface area contributed by atoms with Crippen LogP contribution >= 0.6 is 0 Å². The lowest BCUT2D eigenvalue weighted by atomic mass is 9.91. The Kier molecular flexibility index (Phi) is 12.1. The molecule has 26 heteroatoms. The summed E-state index contributed by atoms with van der Waals surface area (Å²) >= 11 is 0. The maximum atomic E-state index is 14.5. The second-order valence-corrected chi connectivity index (χ2v) is 14.9. The summed E-state index contributed by atoms with van der Waals surface area (Å²) in [4.78, 5) is 68.7. The fourth-order valence-electron chi connectivity index (χ4n) is 7.21. The van der Waals surface area contributed by atoms with Gasteiger partial charge in [0.2, 0.25) is 23.0 Å². The van der Waals surface area contributed by atoms with Crippen LogP contribution in [0.15, 0.2) is 42.5 Å². The van der Waals surface area contributed by atoms with Crippen molar-refractivity contribution < 1.29 is 129 Å². The summed E-state index contributed by atoms with van der Waals surface area (Å²) < 4.78 is 38.5. The first kappa shape index (κ1) is 47.4. The minimum atomic E-state index is -2.18. The third kappa shape index (κ3) is 8.33. The van der Waals surface area contributed by atoms with Gasteiger partial charge in [-0.3, -0.25) is 0 Å². The van der Waals surface area contributed by atoms with Gasteiger partial charge in [0.1, 0.15) is 18.3 Å². The number of rotatable bonds is 7. The summed E-state index contributed by atoms with van der Waals surface area (Å²) in [6.07, 6.45) is -9.68. The van der Waals surface area contributed by atoms with E-state index in [0.717, 1.165) is 7.11 Å². The van der Waals surface area contributed by atoms with E-state index < -0.39 is 198 Å². The van der Waals surface area contributed by atoms with E-state index >= 15 is 0 Å². The van der Waals surface area contributed by atoms with Crippen molar-refractivity contribution in [2.45, 2.75) is 37.4 Å². The molecule has 5 unspecified atom stereocenters. The van der Waals surface area contributed by atoms with Crippen molar-refractivity contribution in [3.8, 4) is 103 Å². The van der Waals surface area contributed by atoms with Crippen LogP contribution in [0.4, 0.5) is 0 Å². The van der Waals surface area contributed by atoms with Crippen molar-refractivity contribution in [1.29, 1.82) is 0 Å². The number of cyclic esters (lactones) is 1. The summed E-state index contributed by atoms with van der Waals surface area (Å²) in [5, 5.41) is 147. The summed E-state index contributed by atoms with van der Waals surface area (Å²) in [5.74, 6) is -26.5. The molecule has 0 saturated carbocycles. The highest BCUT2D eigenvalue weighted by Crippen LogP contribution is 2.55. The zero-order chi connectivity index (χ0) is 50.7. The number of carbonyl (C=O) groups is 5. The number of hydrogen-bond donors (Lipinski definition) is 14. The Morgan fingerprint density at radius 3 is 1.54 bits per heavy atom. The molecule has 2 heterocycles. The summed E-state index contributed by atoms with van der Waals surface area (Å²) in [5.41, 5.74) is -6.38. The highest BCUT2D eigenvalue weighted by Gasteiger charge is 2.52. The maximum Gasteiger partial charge on any atom is 0.341 e. The molecule has 2 aliphatic heterocycles. The highest BCUT2D eigenvalue weighted by atomic mass is 16.7. The van der Waals surface area contributed by atoms with Gasteiger partial charge in [-0.25, -0.2) is 24.0 Å². The number of esters is 5. The monoisotopic (exact) mass is 966 g/mol. The van der Waals surface area contributed by atoms with E-state index in [9.17, 15) is 95.5 Å². The maximum absolute atomic E-state index is 14.5. The first-order valence-electron chi connectivity index (χ1n) is 19.3. The van der Waals surface area contributed by atoms with E-state index in [0.29, 0.717) is 42.5 Å². The van der Waals surface area contributed by atoms with Crippen LogP contribution in [0, 0.1) is 0 Å². The van der Waals surface area contributed by atoms with Crippen molar-refractivity contribution in [3.63, 3.8) is 0 Å². The molecule has 0 amide bonds. The highest BCUT2D eigenvalue weighted by molar-refractivity contribution is 6.08. The van der Waals surface area contributed by atoms with Crippen LogP contribution < -0.4 is 4.74 Å². The van der Waals surface area contributed by atoms with Crippen molar-refractivity contribution >= 4 is 29.8 Å². The summed E-state index contributed by atoms with van der Waals surface area (Å²) in [7, 11) is 0.873. The van der Waals surface area contributed by atoms with Gasteiger partial charge >= 0.3 is 29.8 Å². The number of aromatic hydroxyl groups is 14. The Hall–Kier alpha value is -9.59. The minimum Gasteiger partial charge on any atom is -0.504 e. The van der Waals surface area contributed by atoms with Crippen LogP contribution in [0.25, 0.3) is 11.1 Å². The summed E-state index contributed by atoms with van der Waals surface area (Å²) in [6.45, 7) is 0.117. The third-order valence-corrected chi connectivity index (χ3v) is 10.6. The number of phenols is 14. The molecule has 7 rings (SSSR count). The molecule has 0 aromatic heterocycles. The molecule has 2 aliphatic rings. The molecule has 0 aliphatic carbocycles. The largest absolute Gasteiger partial charge is 0.504 e. The van der Waals surface area contributed by atoms with Gasteiger partial charge in [-0.1, -0.05) is 0 Å². The Balaban J connectivity index is 1.39. The number of phenolic OH excluding ortho intramolecular Hbond substituents is 14. The van der Waals surface area contributed by atoms with Gasteiger partial charge in [0.25, 0.3) is 0 Å². The fourth-order valence-corrected chi connectivity index (χ4v) is 7.21. The molecule has 1 saturated heterocycles. The molecule has 5 aromatic carbocycles. The number of fused-ring (bicyclic) bond motifs is 4. The van der Waals surface area contributed by atoms with E-state index in [-0.39, 0.29) is 0 Å². The van der Waals surface area contributed by atoms with Crippen LogP contribution in [0.2, 0.25) is 0 Å². The SMILES string of the molecule is COC(=O)c1cc(O)c(O)c(O)c1Oc1cc2c(c(O)c1O)-c1c(cc(O)c(O)c1O)C(=O)OC1C(COC2=O)OC(C)C(OC(=O)c2cc(O)c(O)c(O)c2)C1OC(=O)c1cc(O)c(O)c(O)c1. The van der Waals surface area contributed by atoms with Gasteiger partial charge in [0.05, 0.1) is 35.5 Å². The molecular formula is C43H34O26. The molecule has 69 heavy (non-hydrogen) atoms. The predicted octanol–water partition coefficient (Wildman–Crippen LogP) is 2.75. The second-order valence-electron chi connectivity index (χ2n) is 14.9. The molecule has 0 bridgehead atoms. The van der Waals surface area contributed by atoms with E-state index in [4.69, 9.17) is 28.4 Å². The number of methoxy groups -OCH3 is 1. The van der Waals surface area contributed by atoms with E-state index in [1.807, 2.05) is 0 Å². The smallest absolute Gasteiger partial charge is 0.341 e. The van der Waals surface area contributed by atoms with Gasteiger partial charge in [-0.2, -0.15) is 0 Å². The van der Waals surface area contributed by atoms with E-state index in [1.54, 1.807) is 0 Å². The van der Waals surface area contributed by atoms with E-state index in [2.05, 4.69) is 4.74 Å². The van der Waals surface area contributed by atoms with Crippen LogP contribution in [0.5, 0.6) is 92.0 Å². The lowest BCUT2D eigenvalue weighted by molar-refractivity contribution is -0.224. The van der Waals surface area contributed by atoms with E-state index in [1.165, 1.54) is 6.92 Å². The second kappa shape index (κ2) is 17.7. The average molecular weight is 967 g/mol. The Morgan fingerprint density at radius 1 is 0.536 bits per heavy atom. The van der Waals surface area contributed by atoms with Gasteiger partial charge in [-0.15, -0.1) is 0 Å². The van der Waals surface area contributed by atoms with Crippen molar-refractivity contribution in [2.75, 3.05) is 13.7 Å². The number of hydrogen-bond acceptors (Lipinski definition) is 26. The molecular weight excluding hydrogens is 932 g/mol. The molecule has 26 nitrogen and oxygen atoms in total. The summed E-state index contributed by atoms with van der Waals surface area (Å²) in [6, 6.07) is 4.11. The van der Waals surface area contributed by atoms with Gasteiger partial charge in [0.15, 0.2) is 87.3 Å². The van der Waals surface area contributed by atoms with Gasteiger partial charge in [-0.05, 0) is 37.3 Å². The predicted molar refractivity (Wildman–Crippen MR) is 218 cm³/mol. The van der Waals surface area contributed by atoms with Crippen molar-refractivity contribution in [1.82, 2.24) is 0 Å². The van der Waals surface area contributed by atoms with Crippen LogP contribution in [0.1, 0.15) is 58.7 Å². The lowest BCUT2D eigenvalue weighted by Crippen LogP contribution is -2.61. The first-order valence-corrected chi connectivity index (χ1v) is 19.3. The van der Waals surface area contributed by atoms with Gasteiger partial charge < -0.3 is 105 Å². The molecule has 0 radical (unpaired) electrons. The molecule has 0 spiro atoms. The fraction of sp³-hybridized carbons (Fsp3) is 0.186. The number of carbonyl (C=O) groups excluding carboxylic acids is 5. The quantitative estimate of drug-likeness (QED) is 0.0633. The number of benzene rings is 5. The van der Waals surface area contributed by atoms with Crippen LogP contribution in [0.3, 0.4) is 0 Å². The van der Waals surface area contributed by atoms with Gasteiger partial charge in [0, 0.05) is 23.3 Å². The lowest BCUT2D eigenvalue weighted by Gasteiger charge is -2.43. The Bertz CT molecular complexity index is 2970. The zero-order valence-electron chi connectivity index (χ0n) is 34.8. The van der Waals surface area contributed by atoms with Crippen LogP contribution in [-0.4, -0.2) is 146 Å². The molecule has 5 aromatic rings. The molecule has 362 valence electrons. The van der Waals surface area contributed by atoms with Crippen molar-refractivity contribution in [3.05, 3.63) is 70.3 Å². The first-order chi connectivity index (χ1) is 32.4. The Morgan fingerprint density at radius 2 is 1.00 bits per heavy atom. The van der Waals surface area contributed by atoms with Crippen LogP contribution in [-0.2, 0) is 28.4 Å². The van der Waals surface area contributed by atoms with Crippen molar-refractivity contribution in [2.24, 2.45) is 0 Å². The third-order valence-electron chi connectivity index (χ3n) is 10.6. The minimum absolute atomic E-state index is 0.437. The Labute approximate surface area is 382 Å². The average Bonchev–Trinajstić information content (AvgIpc) is 3.32. The normalized spacial score (nSPS) is 18.7. The standard InChI is InChI=1S/C43H34O26/c1-11-35(67-39(58)12-3-17(44)27(50)18(45)4-12)38(69-40(59)13-5-19(46)28(51)20(47)6-13)37-24(65-11)10-64-42(61)15-9-23(66-36-16(41(60)63-2)8-22(49)30(53)34(36)57)31(54)33(56)26(15)25-14(43(62)68-37)7-21(48)29(52)32(25)55/h3-9,11,24,35,37-38,44-57H,10H2,1-2H3.